The minimum atomic E-state index is 0.400. The molecule has 5 heteroatoms. The van der Waals surface area contributed by atoms with Crippen molar-refractivity contribution in [2.75, 3.05) is 33.3 Å². The van der Waals surface area contributed by atoms with Gasteiger partial charge < -0.3 is 19.6 Å². The predicted molar refractivity (Wildman–Crippen MR) is 97.6 cm³/mol. The van der Waals surface area contributed by atoms with Gasteiger partial charge in [-0.15, -0.1) is 0 Å². The zero-order chi connectivity index (χ0) is 16.9. The number of hydrogen-bond acceptors (Lipinski definition) is 2. The number of rotatable bonds is 5. The fraction of sp³-hybridized carbons (Fsp3) is 0.368. The van der Waals surface area contributed by atoms with E-state index in [0.717, 1.165) is 55.1 Å². The van der Waals surface area contributed by atoms with Crippen LogP contribution < -0.4 is 14.5 Å². The Morgan fingerprint density at radius 3 is 2.42 bits per heavy atom. The van der Waals surface area contributed by atoms with E-state index in [1.165, 1.54) is 10.5 Å². The van der Waals surface area contributed by atoms with Gasteiger partial charge in [-0.25, -0.2) is 0 Å². The van der Waals surface area contributed by atoms with Crippen molar-refractivity contribution in [3.05, 3.63) is 58.1 Å². The van der Waals surface area contributed by atoms with Crippen LogP contribution in [0.2, 0.25) is 0 Å². The summed E-state index contributed by atoms with van der Waals surface area (Å²) < 4.78 is 6.33. The zero-order valence-corrected chi connectivity index (χ0v) is 15.6. The van der Waals surface area contributed by atoms with E-state index in [2.05, 4.69) is 34.1 Å². The highest BCUT2D eigenvalue weighted by atomic mass is 79.9. The molecular formula is C19H25BrN2O2+2. The van der Waals surface area contributed by atoms with Gasteiger partial charge >= 0.3 is 0 Å². The molecule has 0 radical (unpaired) electrons. The Bertz CT molecular complexity index is 685. The van der Waals surface area contributed by atoms with Gasteiger partial charge in [0.1, 0.15) is 50.8 Å². The van der Waals surface area contributed by atoms with Crippen LogP contribution in [0.25, 0.3) is 0 Å². The summed E-state index contributed by atoms with van der Waals surface area (Å²) in [4.78, 5) is 3.16. The van der Waals surface area contributed by atoms with Crippen LogP contribution in [0.1, 0.15) is 11.1 Å². The van der Waals surface area contributed by atoms with E-state index in [-0.39, 0.29) is 0 Å². The van der Waals surface area contributed by atoms with Gasteiger partial charge in [0.15, 0.2) is 0 Å². The molecular weight excluding hydrogens is 368 g/mol. The van der Waals surface area contributed by atoms with E-state index in [0.29, 0.717) is 5.75 Å². The van der Waals surface area contributed by atoms with Gasteiger partial charge in [-0.2, -0.15) is 0 Å². The number of hydrogen-bond donors (Lipinski definition) is 3. The summed E-state index contributed by atoms with van der Waals surface area (Å²) >= 11 is 3.48. The Morgan fingerprint density at radius 2 is 1.71 bits per heavy atom. The van der Waals surface area contributed by atoms with Crippen LogP contribution in [-0.2, 0) is 13.1 Å². The third-order valence-electron chi connectivity index (χ3n) is 4.73. The van der Waals surface area contributed by atoms with Gasteiger partial charge in [-0.1, -0.05) is 28.1 Å². The number of methoxy groups -OCH3 is 1. The van der Waals surface area contributed by atoms with Gasteiger partial charge in [0, 0.05) is 15.6 Å². The smallest absolute Gasteiger partial charge is 0.127 e. The SMILES string of the molecule is COc1cccc(C[NH+]2CC[NH+](Cc3cc(Br)ccc3O)CC2)c1. The number of aromatic hydroxyl groups is 1. The van der Waals surface area contributed by atoms with Crippen LogP contribution >= 0.6 is 15.9 Å². The summed E-state index contributed by atoms with van der Waals surface area (Å²) in [5, 5.41) is 10.0. The first-order valence-corrected chi connectivity index (χ1v) is 9.21. The fourth-order valence-corrected chi connectivity index (χ4v) is 3.76. The molecule has 0 saturated carbocycles. The quantitative estimate of drug-likeness (QED) is 0.698. The summed E-state index contributed by atoms with van der Waals surface area (Å²) in [5.41, 5.74) is 2.35. The van der Waals surface area contributed by atoms with Crippen LogP contribution in [0.15, 0.2) is 46.9 Å². The van der Waals surface area contributed by atoms with Crippen molar-refractivity contribution in [3.8, 4) is 11.5 Å². The molecule has 4 nitrogen and oxygen atoms in total. The van der Waals surface area contributed by atoms with Crippen molar-refractivity contribution in [1.29, 1.82) is 0 Å². The Kier molecular flexibility index (Phi) is 5.76. The molecule has 3 rings (SSSR count). The first-order valence-electron chi connectivity index (χ1n) is 8.41. The molecule has 0 bridgehead atoms. The standard InChI is InChI=1S/C19H23BrN2O2/c1-24-18-4-2-3-15(11-18)13-21-7-9-22(10-8-21)14-16-12-17(20)5-6-19(16)23/h2-6,11-12,23H,7-10,13-14H2,1H3/p+2. The number of quaternary nitrogens is 2. The van der Waals surface area contributed by atoms with Crippen molar-refractivity contribution in [2.45, 2.75) is 13.1 Å². The molecule has 0 aliphatic carbocycles. The molecule has 0 aromatic heterocycles. The second-order valence-electron chi connectivity index (χ2n) is 6.48. The third kappa shape index (κ3) is 4.50. The van der Waals surface area contributed by atoms with Crippen molar-refractivity contribution < 1.29 is 19.6 Å². The third-order valence-corrected chi connectivity index (χ3v) is 5.23. The molecule has 1 aliphatic heterocycles. The minimum Gasteiger partial charge on any atom is -0.507 e. The van der Waals surface area contributed by atoms with E-state index >= 15 is 0 Å². The number of halogens is 1. The Hall–Kier alpha value is -1.56. The highest BCUT2D eigenvalue weighted by Gasteiger charge is 2.24. The van der Waals surface area contributed by atoms with Crippen molar-refractivity contribution in [2.24, 2.45) is 0 Å². The second-order valence-corrected chi connectivity index (χ2v) is 7.39. The molecule has 24 heavy (non-hydrogen) atoms. The molecule has 0 atom stereocenters. The van der Waals surface area contributed by atoms with Crippen molar-refractivity contribution >= 4 is 15.9 Å². The first kappa shape index (κ1) is 17.3. The molecule has 3 N–H and O–H groups in total. The van der Waals surface area contributed by atoms with E-state index < -0.39 is 0 Å². The normalized spacial score (nSPS) is 20.8. The molecule has 2 aromatic rings. The minimum absolute atomic E-state index is 0.400. The summed E-state index contributed by atoms with van der Waals surface area (Å²) in [7, 11) is 1.71. The molecule has 1 saturated heterocycles. The number of ether oxygens (including phenoxy) is 1. The lowest BCUT2D eigenvalue weighted by atomic mass is 10.1. The fourth-order valence-electron chi connectivity index (χ4n) is 3.35. The van der Waals surface area contributed by atoms with Crippen LogP contribution in [0.4, 0.5) is 0 Å². The van der Waals surface area contributed by atoms with Gasteiger partial charge in [-0.05, 0) is 30.3 Å². The average Bonchev–Trinajstić information content (AvgIpc) is 2.60. The van der Waals surface area contributed by atoms with E-state index in [1.54, 1.807) is 18.1 Å². The van der Waals surface area contributed by atoms with Gasteiger partial charge in [-0.3, -0.25) is 0 Å². The molecule has 1 heterocycles. The molecule has 0 unspecified atom stereocenters. The Labute approximate surface area is 151 Å². The molecule has 128 valence electrons. The van der Waals surface area contributed by atoms with Gasteiger partial charge in [0.2, 0.25) is 0 Å². The second kappa shape index (κ2) is 8.01. The summed E-state index contributed by atoms with van der Waals surface area (Å²) in [6.07, 6.45) is 0. The first-order chi connectivity index (χ1) is 11.6. The lowest BCUT2D eigenvalue weighted by Crippen LogP contribution is -3.27. The maximum atomic E-state index is 10.0. The average molecular weight is 393 g/mol. The number of benzene rings is 2. The van der Waals surface area contributed by atoms with E-state index in [4.69, 9.17) is 4.74 Å². The molecule has 2 aromatic carbocycles. The maximum absolute atomic E-state index is 10.0. The number of phenolic OH excluding ortho intramolecular Hbond substituents is 1. The molecule has 1 fully saturated rings. The van der Waals surface area contributed by atoms with Crippen LogP contribution in [0, 0.1) is 0 Å². The maximum Gasteiger partial charge on any atom is 0.127 e. The van der Waals surface area contributed by atoms with Gasteiger partial charge in [0.05, 0.1) is 7.11 Å². The molecule has 0 amide bonds. The van der Waals surface area contributed by atoms with Crippen LogP contribution in [-0.4, -0.2) is 38.4 Å². The predicted octanol–water partition coefficient (Wildman–Crippen LogP) is 0.647. The molecule has 1 aliphatic rings. The highest BCUT2D eigenvalue weighted by molar-refractivity contribution is 9.10. The number of nitrogens with one attached hydrogen (secondary N) is 2. The molecule has 0 spiro atoms. The zero-order valence-electron chi connectivity index (χ0n) is 14.0. The summed E-state index contributed by atoms with van der Waals surface area (Å²) in [5.74, 6) is 1.33. The van der Waals surface area contributed by atoms with Crippen molar-refractivity contribution in [3.63, 3.8) is 0 Å². The number of piperazine rings is 1. The van der Waals surface area contributed by atoms with Crippen LogP contribution in [0.5, 0.6) is 11.5 Å². The number of phenols is 1. The highest BCUT2D eigenvalue weighted by Crippen LogP contribution is 2.20. The monoisotopic (exact) mass is 392 g/mol. The topological polar surface area (TPSA) is 38.3 Å². The van der Waals surface area contributed by atoms with E-state index in [1.807, 2.05) is 18.2 Å². The largest absolute Gasteiger partial charge is 0.507 e. The summed E-state index contributed by atoms with van der Waals surface area (Å²) in [6.45, 7) is 6.50. The van der Waals surface area contributed by atoms with Gasteiger partial charge in [0.25, 0.3) is 0 Å². The van der Waals surface area contributed by atoms with E-state index in [9.17, 15) is 5.11 Å². The lowest BCUT2D eigenvalue weighted by Gasteiger charge is -2.30. The Morgan fingerprint density at radius 1 is 1.00 bits per heavy atom. The lowest BCUT2D eigenvalue weighted by molar-refractivity contribution is -1.02. The summed E-state index contributed by atoms with van der Waals surface area (Å²) in [6, 6.07) is 14.0. The van der Waals surface area contributed by atoms with Crippen molar-refractivity contribution in [1.82, 2.24) is 0 Å². The van der Waals surface area contributed by atoms with Crippen LogP contribution in [0.3, 0.4) is 0 Å². The Balaban J connectivity index is 1.53.